The molecule has 2 heterocycles. The molecule has 10 nitrogen and oxygen atoms in total. The van der Waals surface area contributed by atoms with Crippen molar-refractivity contribution in [1.29, 1.82) is 0 Å². The number of ether oxygens (including phenoxy) is 3. The molecule has 10 heteroatoms. The lowest BCUT2D eigenvalue weighted by atomic mass is 9.91. The molecule has 0 bridgehead atoms. The molecule has 3 N–H and O–H groups in total. The number of rotatable bonds is 14. The van der Waals surface area contributed by atoms with Crippen molar-refractivity contribution in [3.8, 4) is 11.5 Å². The number of aryl methyl sites for hydroxylation is 2. The van der Waals surface area contributed by atoms with Crippen molar-refractivity contribution in [2.75, 3.05) is 27.3 Å². The molecule has 1 aliphatic rings. The van der Waals surface area contributed by atoms with E-state index in [4.69, 9.17) is 24.9 Å². The van der Waals surface area contributed by atoms with Gasteiger partial charge in [0.2, 0.25) is 11.8 Å². The van der Waals surface area contributed by atoms with Crippen LogP contribution in [-0.4, -0.2) is 67.2 Å². The smallest absolute Gasteiger partial charge is 0.404 e. The van der Waals surface area contributed by atoms with Gasteiger partial charge in [-0.25, -0.2) is 9.78 Å². The van der Waals surface area contributed by atoms with E-state index in [1.165, 1.54) is 0 Å². The van der Waals surface area contributed by atoms with E-state index in [2.05, 4.69) is 5.32 Å². The van der Waals surface area contributed by atoms with Gasteiger partial charge in [0.25, 0.3) is 0 Å². The van der Waals surface area contributed by atoms with Gasteiger partial charge in [-0.15, -0.1) is 0 Å². The Balaban J connectivity index is 1.81. The van der Waals surface area contributed by atoms with Gasteiger partial charge in [-0.05, 0) is 68.6 Å². The van der Waals surface area contributed by atoms with Crippen LogP contribution in [0.3, 0.4) is 0 Å². The molecule has 3 atom stereocenters. The maximum Gasteiger partial charge on any atom is 0.404 e. The number of carbonyl (C=O) groups excluding carboxylic acids is 3. The summed E-state index contributed by atoms with van der Waals surface area (Å²) in [5.41, 5.74) is 7.80. The number of hydrogen-bond acceptors (Lipinski definition) is 7. The second-order valence-electron chi connectivity index (χ2n) is 12.9. The van der Waals surface area contributed by atoms with Gasteiger partial charge >= 0.3 is 6.09 Å². The number of pyridine rings is 1. The first kappa shape index (κ1) is 33.9. The van der Waals surface area contributed by atoms with E-state index in [9.17, 15) is 14.4 Å². The summed E-state index contributed by atoms with van der Waals surface area (Å²) in [6.45, 7) is 10.5. The average molecular weight is 599 g/mol. The number of amides is 3. The Morgan fingerprint density at radius 3 is 2.58 bits per heavy atom. The maximum atomic E-state index is 13.4. The Bertz CT molecular complexity index is 1270. The van der Waals surface area contributed by atoms with Crippen LogP contribution in [0.5, 0.6) is 11.5 Å². The van der Waals surface area contributed by atoms with Gasteiger partial charge in [-0.3, -0.25) is 9.59 Å². The normalized spacial score (nSPS) is 16.0. The van der Waals surface area contributed by atoms with Crippen molar-refractivity contribution in [3.63, 3.8) is 0 Å². The Hall–Kier alpha value is -3.56. The lowest BCUT2D eigenvalue weighted by Gasteiger charge is -2.36. The SMILES string of the molecule is CNC(=O)[C@H](C)N(C[C@@H]1CCc2c(c(CCCCC[C@H](C)COC(N)=O)nc3ccc(OC)cc23)O1)C(=O)CC(C)(C)C. The van der Waals surface area contributed by atoms with E-state index >= 15 is 0 Å². The number of methoxy groups -OCH3 is 1. The highest BCUT2D eigenvalue weighted by molar-refractivity contribution is 5.88. The van der Waals surface area contributed by atoms with Crippen LogP contribution in [0.15, 0.2) is 18.2 Å². The third kappa shape index (κ3) is 9.73. The first-order valence-corrected chi connectivity index (χ1v) is 15.4. The van der Waals surface area contributed by atoms with Gasteiger partial charge in [0.1, 0.15) is 23.6 Å². The summed E-state index contributed by atoms with van der Waals surface area (Å²) in [4.78, 5) is 43.6. The molecule has 0 radical (unpaired) electrons. The molecule has 1 aromatic carbocycles. The monoisotopic (exact) mass is 598 g/mol. The lowest BCUT2D eigenvalue weighted by molar-refractivity contribution is -0.142. The minimum atomic E-state index is -0.736. The van der Waals surface area contributed by atoms with E-state index in [1.54, 1.807) is 26.0 Å². The summed E-state index contributed by atoms with van der Waals surface area (Å²) in [7, 11) is 3.24. The number of nitrogens with two attached hydrogens (primary N) is 1. The number of carbonyl (C=O) groups is 3. The molecular weight excluding hydrogens is 548 g/mol. The highest BCUT2D eigenvalue weighted by Crippen LogP contribution is 2.38. The summed E-state index contributed by atoms with van der Waals surface area (Å²) in [6, 6.07) is 5.31. The molecule has 1 aliphatic heterocycles. The largest absolute Gasteiger partial charge is 0.497 e. The van der Waals surface area contributed by atoms with Gasteiger partial charge in [0.05, 0.1) is 31.5 Å². The van der Waals surface area contributed by atoms with Crippen LogP contribution < -0.4 is 20.5 Å². The number of nitrogens with one attached hydrogen (secondary N) is 1. The number of fused-ring (bicyclic) bond motifs is 3. The molecule has 0 saturated heterocycles. The van der Waals surface area contributed by atoms with Crippen LogP contribution in [0.25, 0.3) is 10.9 Å². The quantitative estimate of drug-likeness (QED) is 0.287. The molecule has 0 aliphatic carbocycles. The van der Waals surface area contributed by atoms with Crippen molar-refractivity contribution < 1.29 is 28.6 Å². The van der Waals surface area contributed by atoms with Gasteiger partial charge in [0, 0.05) is 24.4 Å². The van der Waals surface area contributed by atoms with Gasteiger partial charge < -0.3 is 30.2 Å². The van der Waals surface area contributed by atoms with E-state index in [1.807, 2.05) is 45.9 Å². The van der Waals surface area contributed by atoms with Crippen LogP contribution >= 0.6 is 0 Å². The summed E-state index contributed by atoms with van der Waals surface area (Å²) < 4.78 is 17.1. The van der Waals surface area contributed by atoms with Gasteiger partial charge in [0.15, 0.2) is 0 Å². The van der Waals surface area contributed by atoms with Gasteiger partial charge in [-0.2, -0.15) is 0 Å². The predicted octanol–water partition coefficient (Wildman–Crippen LogP) is 5.17. The molecule has 2 aromatic rings. The molecule has 3 rings (SSSR count). The summed E-state index contributed by atoms with van der Waals surface area (Å²) >= 11 is 0. The van der Waals surface area contributed by atoms with Crippen LogP contribution in [0, 0.1) is 11.3 Å². The fourth-order valence-electron chi connectivity index (χ4n) is 5.56. The number of hydrogen-bond donors (Lipinski definition) is 2. The third-order valence-electron chi connectivity index (χ3n) is 7.94. The standard InChI is InChI=1S/C33H50N4O6/c1-21(20-42-32(34)40)11-9-8-10-12-28-30-25(26-17-23(41-7)14-16-27(26)36-28)15-13-24(43-30)19-37(22(2)31(39)35-6)29(38)18-33(3,4)5/h14,16-17,21-22,24H,8-13,15,18-20H2,1-7H3,(H2,34,40)(H,35,39)/t21-,22-,24-/m0/s1. The van der Waals surface area contributed by atoms with Crippen molar-refractivity contribution in [2.24, 2.45) is 17.1 Å². The Morgan fingerprint density at radius 2 is 1.93 bits per heavy atom. The first-order valence-electron chi connectivity index (χ1n) is 15.4. The number of primary amides is 1. The van der Waals surface area contributed by atoms with Gasteiger partial charge in [-0.1, -0.05) is 40.5 Å². The van der Waals surface area contributed by atoms with E-state index in [0.29, 0.717) is 26.0 Å². The van der Waals surface area contributed by atoms with Crippen LogP contribution in [0.2, 0.25) is 0 Å². The highest BCUT2D eigenvalue weighted by atomic mass is 16.5. The molecule has 0 saturated carbocycles. The highest BCUT2D eigenvalue weighted by Gasteiger charge is 2.33. The average Bonchev–Trinajstić information content (AvgIpc) is 2.96. The lowest BCUT2D eigenvalue weighted by Crippen LogP contribution is -2.51. The zero-order valence-electron chi connectivity index (χ0n) is 27.0. The summed E-state index contributed by atoms with van der Waals surface area (Å²) in [5.74, 6) is 1.54. The van der Waals surface area contributed by atoms with Crippen LogP contribution in [0.1, 0.15) is 84.4 Å². The summed E-state index contributed by atoms with van der Waals surface area (Å²) in [5, 5.41) is 3.70. The molecule has 0 fully saturated rings. The Morgan fingerprint density at radius 1 is 1.19 bits per heavy atom. The Labute approximate surface area is 256 Å². The van der Waals surface area contributed by atoms with Crippen molar-refractivity contribution >= 4 is 28.8 Å². The van der Waals surface area contributed by atoms with E-state index in [-0.39, 0.29) is 29.3 Å². The molecular formula is C33H50N4O6. The third-order valence-corrected chi connectivity index (χ3v) is 7.94. The van der Waals surface area contributed by atoms with Crippen molar-refractivity contribution in [1.82, 2.24) is 15.2 Å². The minimum absolute atomic E-state index is 0.0601. The molecule has 0 unspecified atom stereocenters. The van der Waals surface area contributed by atoms with Crippen LogP contribution in [0.4, 0.5) is 4.79 Å². The molecule has 238 valence electrons. The zero-order chi connectivity index (χ0) is 31.7. The molecule has 0 spiro atoms. The zero-order valence-corrected chi connectivity index (χ0v) is 27.0. The summed E-state index contributed by atoms with van der Waals surface area (Å²) in [6.07, 6.45) is 5.45. The fourth-order valence-corrected chi connectivity index (χ4v) is 5.56. The maximum absolute atomic E-state index is 13.4. The molecule has 1 aromatic heterocycles. The van der Waals surface area contributed by atoms with E-state index < -0.39 is 12.1 Å². The first-order chi connectivity index (χ1) is 20.3. The number of benzene rings is 1. The predicted molar refractivity (Wildman–Crippen MR) is 167 cm³/mol. The van der Waals surface area contributed by atoms with Crippen LogP contribution in [-0.2, 0) is 27.2 Å². The number of aromatic nitrogens is 1. The molecule has 43 heavy (non-hydrogen) atoms. The number of nitrogens with zero attached hydrogens (tertiary/aromatic N) is 2. The Kier molecular flexibility index (Phi) is 12.0. The van der Waals surface area contributed by atoms with Crippen molar-refractivity contribution in [2.45, 2.75) is 98.1 Å². The van der Waals surface area contributed by atoms with E-state index in [0.717, 1.165) is 72.2 Å². The second kappa shape index (κ2) is 15.3. The topological polar surface area (TPSA) is 133 Å². The molecule has 3 amide bonds. The number of likely N-dealkylation sites (N-methyl/N-ethyl adjacent to an activating group) is 1. The number of unbranched alkanes of at least 4 members (excludes halogenated alkanes) is 2. The van der Waals surface area contributed by atoms with Crippen molar-refractivity contribution in [3.05, 3.63) is 29.5 Å². The fraction of sp³-hybridized carbons (Fsp3) is 0.636. The second-order valence-corrected chi connectivity index (χ2v) is 12.9. The minimum Gasteiger partial charge on any atom is -0.497 e.